The molecule has 0 aliphatic carbocycles. The molecule has 0 amide bonds. The average molecular weight is 534 g/mol. The van der Waals surface area contributed by atoms with E-state index >= 15 is 0 Å². The van der Waals surface area contributed by atoms with Gasteiger partial charge in [-0.05, 0) is 45.2 Å². The lowest BCUT2D eigenvalue weighted by Gasteiger charge is -2.29. The molecule has 2 aliphatic heterocycles. The monoisotopic (exact) mass is 533 g/mol. The number of aromatic nitrogens is 1. The summed E-state index contributed by atoms with van der Waals surface area (Å²) in [5.74, 6) is 1.88. The van der Waals surface area contributed by atoms with Crippen LogP contribution in [0.25, 0.3) is 0 Å². The molecule has 0 saturated carbocycles. The fourth-order valence-corrected chi connectivity index (χ4v) is 5.15. The van der Waals surface area contributed by atoms with E-state index in [1.54, 1.807) is 11.3 Å². The number of nitrogens with zero attached hydrogens (tertiary/aromatic N) is 4. The van der Waals surface area contributed by atoms with Crippen molar-refractivity contribution in [2.75, 3.05) is 45.8 Å². The Balaban J connectivity index is 0.00000300. The first-order valence-corrected chi connectivity index (χ1v) is 12.0. The number of guanidine groups is 1. The van der Waals surface area contributed by atoms with E-state index in [0.717, 1.165) is 44.5 Å². The molecule has 0 spiro atoms. The molecule has 1 unspecified atom stereocenters. The molecule has 1 aromatic rings. The van der Waals surface area contributed by atoms with Gasteiger partial charge in [-0.15, -0.1) is 35.3 Å². The lowest BCUT2D eigenvalue weighted by molar-refractivity contribution is 0.198. The lowest BCUT2D eigenvalue weighted by atomic mass is 9.93. The first-order chi connectivity index (χ1) is 13.5. The van der Waals surface area contributed by atoms with Gasteiger partial charge >= 0.3 is 0 Å². The Hall–Kier alpha value is -0.410. The normalized spacial score (nSPS) is 21.3. The number of likely N-dealkylation sites (tertiary alicyclic amines) is 2. The van der Waals surface area contributed by atoms with Gasteiger partial charge in [0.1, 0.15) is 0 Å². The van der Waals surface area contributed by atoms with Crippen LogP contribution in [0.1, 0.15) is 64.1 Å². The molecule has 2 saturated heterocycles. The molecule has 0 aromatic carbocycles. The standard InChI is InChI=1S/C22H39N5S.HI/c1-5-23-21(24-11-9-20-25-19(17-28-20)22(2,3)4)27-14-10-18(16-27)15-26-12-7-6-8-13-26;/h17-18H,5-16H2,1-4H3,(H,23,24);1H. The van der Waals surface area contributed by atoms with Crippen LogP contribution in [-0.2, 0) is 11.8 Å². The number of hydrogen-bond acceptors (Lipinski definition) is 4. The van der Waals surface area contributed by atoms with Crippen molar-refractivity contribution in [1.82, 2.24) is 20.1 Å². The summed E-state index contributed by atoms with van der Waals surface area (Å²) in [4.78, 5) is 14.9. The van der Waals surface area contributed by atoms with Crippen molar-refractivity contribution in [3.63, 3.8) is 0 Å². The summed E-state index contributed by atoms with van der Waals surface area (Å²) in [6.45, 7) is 16.7. The van der Waals surface area contributed by atoms with Crippen LogP contribution in [0.3, 0.4) is 0 Å². The van der Waals surface area contributed by atoms with Gasteiger partial charge in [0.25, 0.3) is 0 Å². The highest BCUT2D eigenvalue weighted by molar-refractivity contribution is 14.0. The summed E-state index contributed by atoms with van der Waals surface area (Å²) < 4.78 is 0. The molecule has 3 rings (SSSR count). The minimum Gasteiger partial charge on any atom is -0.357 e. The number of piperidine rings is 1. The van der Waals surface area contributed by atoms with Crippen molar-refractivity contribution in [3.05, 3.63) is 16.1 Å². The lowest BCUT2D eigenvalue weighted by Crippen LogP contribution is -2.41. The van der Waals surface area contributed by atoms with E-state index in [0.29, 0.717) is 0 Å². The van der Waals surface area contributed by atoms with E-state index in [1.165, 1.54) is 56.0 Å². The minimum absolute atomic E-state index is 0. The van der Waals surface area contributed by atoms with Crippen LogP contribution in [0.4, 0.5) is 0 Å². The number of rotatable bonds is 6. The maximum atomic E-state index is 4.93. The second-order valence-corrected chi connectivity index (χ2v) is 10.3. The molecular weight excluding hydrogens is 493 g/mol. The first kappa shape index (κ1) is 24.9. The summed E-state index contributed by atoms with van der Waals surface area (Å²) in [5, 5.41) is 6.92. The molecule has 166 valence electrons. The smallest absolute Gasteiger partial charge is 0.193 e. The van der Waals surface area contributed by atoms with Crippen molar-refractivity contribution in [2.24, 2.45) is 10.9 Å². The Bertz CT molecular complexity index is 633. The van der Waals surface area contributed by atoms with Crippen molar-refractivity contribution in [2.45, 2.75) is 65.2 Å². The predicted octanol–water partition coefficient (Wildman–Crippen LogP) is 4.37. The van der Waals surface area contributed by atoms with E-state index in [9.17, 15) is 0 Å². The Morgan fingerprint density at radius 2 is 2.00 bits per heavy atom. The Morgan fingerprint density at radius 1 is 1.24 bits per heavy atom. The van der Waals surface area contributed by atoms with Gasteiger partial charge in [-0.1, -0.05) is 27.2 Å². The van der Waals surface area contributed by atoms with Crippen molar-refractivity contribution < 1.29 is 0 Å². The molecular formula is C22H40IN5S. The second-order valence-electron chi connectivity index (χ2n) is 9.32. The SMILES string of the molecule is CCNC(=NCCc1nc(C(C)(C)C)cs1)N1CCC(CN2CCCCC2)C1.I. The van der Waals surface area contributed by atoms with Gasteiger partial charge in [-0.2, -0.15) is 0 Å². The quantitative estimate of drug-likeness (QED) is 0.335. The third-order valence-corrected chi connectivity index (χ3v) is 6.70. The van der Waals surface area contributed by atoms with E-state index in [1.807, 2.05) is 0 Å². The van der Waals surface area contributed by atoms with E-state index in [-0.39, 0.29) is 29.4 Å². The van der Waals surface area contributed by atoms with Crippen molar-refractivity contribution in [3.8, 4) is 0 Å². The summed E-state index contributed by atoms with van der Waals surface area (Å²) >= 11 is 1.77. The van der Waals surface area contributed by atoms with Gasteiger partial charge in [-0.3, -0.25) is 4.99 Å². The molecule has 2 aliphatic rings. The fraction of sp³-hybridized carbons (Fsp3) is 0.818. The van der Waals surface area contributed by atoms with Crippen LogP contribution in [0.2, 0.25) is 0 Å². The third-order valence-electron chi connectivity index (χ3n) is 5.79. The Labute approximate surface area is 198 Å². The maximum absolute atomic E-state index is 4.93. The molecule has 0 radical (unpaired) electrons. The number of nitrogens with one attached hydrogen (secondary N) is 1. The molecule has 7 heteroatoms. The number of hydrogen-bond donors (Lipinski definition) is 1. The topological polar surface area (TPSA) is 43.8 Å². The maximum Gasteiger partial charge on any atom is 0.193 e. The summed E-state index contributed by atoms with van der Waals surface area (Å²) in [6.07, 6.45) is 6.41. The third kappa shape index (κ3) is 7.65. The van der Waals surface area contributed by atoms with Crippen LogP contribution in [-0.4, -0.2) is 66.6 Å². The molecule has 2 fully saturated rings. The van der Waals surface area contributed by atoms with E-state index < -0.39 is 0 Å². The van der Waals surface area contributed by atoms with E-state index in [4.69, 9.17) is 9.98 Å². The zero-order valence-corrected chi connectivity index (χ0v) is 21.9. The molecule has 1 atom stereocenters. The van der Waals surface area contributed by atoms with Gasteiger partial charge in [0, 0.05) is 49.9 Å². The fourth-order valence-electron chi connectivity index (χ4n) is 4.13. The summed E-state index contributed by atoms with van der Waals surface area (Å²) in [7, 11) is 0. The number of thiazole rings is 1. The molecule has 29 heavy (non-hydrogen) atoms. The minimum atomic E-state index is 0. The van der Waals surface area contributed by atoms with Crippen LogP contribution >= 0.6 is 35.3 Å². The predicted molar refractivity (Wildman–Crippen MR) is 136 cm³/mol. The summed E-state index contributed by atoms with van der Waals surface area (Å²) in [5.41, 5.74) is 1.33. The van der Waals surface area contributed by atoms with Gasteiger partial charge in [0.05, 0.1) is 10.7 Å². The first-order valence-electron chi connectivity index (χ1n) is 11.2. The van der Waals surface area contributed by atoms with Gasteiger partial charge in [0.15, 0.2) is 5.96 Å². The molecule has 0 bridgehead atoms. The van der Waals surface area contributed by atoms with Gasteiger partial charge in [-0.25, -0.2) is 4.98 Å². The highest BCUT2D eigenvalue weighted by atomic mass is 127. The summed E-state index contributed by atoms with van der Waals surface area (Å²) in [6, 6.07) is 0. The Kier molecular flexibility index (Phi) is 10.1. The van der Waals surface area contributed by atoms with Crippen LogP contribution in [0.15, 0.2) is 10.4 Å². The zero-order chi connectivity index (χ0) is 20.0. The van der Waals surface area contributed by atoms with Gasteiger partial charge < -0.3 is 15.1 Å². The number of halogens is 1. The molecule has 5 nitrogen and oxygen atoms in total. The molecule has 3 heterocycles. The Morgan fingerprint density at radius 3 is 2.66 bits per heavy atom. The highest BCUT2D eigenvalue weighted by Gasteiger charge is 2.27. The zero-order valence-electron chi connectivity index (χ0n) is 18.7. The average Bonchev–Trinajstić information content (AvgIpc) is 3.31. The number of aliphatic imine (C=N–C) groups is 1. The van der Waals surface area contributed by atoms with E-state index in [2.05, 4.69) is 48.2 Å². The second kappa shape index (κ2) is 11.8. The van der Waals surface area contributed by atoms with Crippen molar-refractivity contribution in [1.29, 1.82) is 0 Å². The van der Waals surface area contributed by atoms with Crippen LogP contribution in [0.5, 0.6) is 0 Å². The van der Waals surface area contributed by atoms with Crippen LogP contribution in [0, 0.1) is 5.92 Å². The highest BCUT2D eigenvalue weighted by Crippen LogP contribution is 2.24. The molecule has 1 N–H and O–H groups in total. The molecule has 1 aromatic heterocycles. The van der Waals surface area contributed by atoms with Crippen LogP contribution < -0.4 is 5.32 Å². The largest absolute Gasteiger partial charge is 0.357 e. The van der Waals surface area contributed by atoms with Crippen molar-refractivity contribution >= 4 is 41.3 Å². The van der Waals surface area contributed by atoms with Gasteiger partial charge in [0.2, 0.25) is 0 Å².